The van der Waals surface area contributed by atoms with Gasteiger partial charge in [0.15, 0.2) is 5.76 Å². The van der Waals surface area contributed by atoms with Gasteiger partial charge >= 0.3 is 0 Å². The van der Waals surface area contributed by atoms with Crippen molar-refractivity contribution in [2.24, 2.45) is 0 Å². The van der Waals surface area contributed by atoms with E-state index in [1.807, 2.05) is 25.1 Å². The normalized spacial score (nSPS) is 12.0. The fourth-order valence-electron chi connectivity index (χ4n) is 3.16. The molecule has 0 bridgehead atoms. The van der Waals surface area contributed by atoms with E-state index >= 15 is 0 Å². The summed E-state index contributed by atoms with van der Waals surface area (Å²) < 4.78 is 5.25. The molecular weight excluding hydrogens is 402 g/mol. The minimum atomic E-state index is -0.254. The molecule has 0 aliphatic rings. The van der Waals surface area contributed by atoms with Crippen LogP contribution in [0.5, 0.6) is 0 Å². The second-order valence-corrected chi connectivity index (χ2v) is 8.97. The molecule has 5 nitrogen and oxygen atoms in total. The molecule has 4 rings (SSSR count). The van der Waals surface area contributed by atoms with Crippen LogP contribution in [0.15, 0.2) is 58.7 Å². The van der Waals surface area contributed by atoms with Gasteiger partial charge in [-0.05, 0) is 67.6 Å². The summed E-state index contributed by atoms with van der Waals surface area (Å²) in [5.74, 6) is 0.840. The van der Waals surface area contributed by atoms with Gasteiger partial charge in [0.1, 0.15) is 10.8 Å². The first-order chi connectivity index (χ1) is 14.0. The van der Waals surface area contributed by atoms with Crippen molar-refractivity contribution in [1.82, 2.24) is 4.98 Å². The van der Waals surface area contributed by atoms with Gasteiger partial charge in [0, 0.05) is 21.5 Å². The van der Waals surface area contributed by atoms with E-state index < -0.39 is 0 Å². The van der Waals surface area contributed by atoms with Crippen molar-refractivity contribution in [2.75, 3.05) is 10.6 Å². The Morgan fingerprint density at radius 3 is 2.72 bits per heavy atom. The van der Waals surface area contributed by atoms with Crippen LogP contribution in [0, 0.1) is 20.8 Å². The Labute approximate surface area is 177 Å². The van der Waals surface area contributed by atoms with Crippen LogP contribution in [0.1, 0.15) is 43.0 Å². The van der Waals surface area contributed by atoms with Gasteiger partial charge in [-0.1, -0.05) is 6.07 Å². The molecule has 29 heavy (non-hydrogen) atoms. The Bertz CT molecular complexity index is 1120. The van der Waals surface area contributed by atoms with Gasteiger partial charge in [-0.15, -0.1) is 22.7 Å². The lowest BCUT2D eigenvalue weighted by Crippen LogP contribution is -2.17. The van der Waals surface area contributed by atoms with E-state index in [4.69, 9.17) is 4.42 Å². The van der Waals surface area contributed by atoms with E-state index in [9.17, 15) is 4.79 Å². The number of nitrogens with one attached hydrogen (secondary N) is 2. The summed E-state index contributed by atoms with van der Waals surface area (Å²) in [6.07, 6.45) is 3.30. The van der Waals surface area contributed by atoms with Gasteiger partial charge in [-0.25, -0.2) is 4.98 Å². The number of carbonyl (C=O) groups is 1. The number of carbonyl (C=O) groups excluding carboxylic acids is 1. The van der Waals surface area contributed by atoms with E-state index in [2.05, 4.69) is 40.9 Å². The lowest BCUT2D eigenvalue weighted by molar-refractivity contribution is 0.0997. The zero-order valence-corrected chi connectivity index (χ0v) is 18.0. The number of hydrogen-bond donors (Lipinski definition) is 2. The van der Waals surface area contributed by atoms with Crippen molar-refractivity contribution in [1.29, 1.82) is 0 Å². The predicted molar refractivity (Wildman–Crippen MR) is 119 cm³/mol. The van der Waals surface area contributed by atoms with E-state index in [1.54, 1.807) is 41.0 Å². The molecule has 0 aromatic carbocycles. The molecule has 7 heteroatoms. The molecule has 1 atom stereocenters. The molecule has 0 unspecified atom stereocenters. The minimum absolute atomic E-state index is 0.124. The van der Waals surface area contributed by atoms with Gasteiger partial charge in [-0.2, -0.15) is 0 Å². The highest BCUT2D eigenvalue weighted by Gasteiger charge is 2.26. The first-order valence-corrected chi connectivity index (χ1v) is 10.9. The number of amides is 1. The number of furan rings is 1. The fourth-order valence-corrected chi connectivity index (χ4v) is 5.04. The number of hydrogen-bond acceptors (Lipinski definition) is 6. The number of nitrogens with zero attached hydrogens (tertiary/aromatic N) is 1. The van der Waals surface area contributed by atoms with Crippen molar-refractivity contribution in [2.45, 2.75) is 26.8 Å². The highest BCUT2D eigenvalue weighted by Crippen LogP contribution is 2.42. The lowest BCUT2D eigenvalue weighted by atomic mass is 10.0. The van der Waals surface area contributed by atoms with Gasteiger partial charge in [0.2, 0.25) is 0 Å². The average Bonchev–Trinajstić information content (AvgIpc) is 3.44. The monoisotopic (exact) mass is 423 g/mol. The maximum Gasteiger partial charge on any atom is 0.291 e. The van der Waals surface area contributed by atoms with Crippen molar-refractivity contribution in [3.05, 3.63) is 86.4 Å². The Morgan fingerprint density at radius 2 is 2.03 bits per heavy atom. The van der Waals surface area contributed by atoms with Crippen LogP contribution >= 0.6 is 22.7 Å². The van der Waals surface area contributed by atoms with Gasteiger partial charge in [0.05, 0.1) is 12.3 Å². The molecular formula is C22H21N3O2S2. The van der Waals surface area contributed by atoms with E-state index in [-0.39, 0.29) is 11.9 Å². The molecule has 0 fully saturated rings. The van der Waals surface area contributed by atoms with Crippen LogP contribution in [0.25, 0.3) is 0 Å². The number of rotatable bonds is 6. The molecule has 0 spiro atoms. The number of pyridine rings is 1. The lowest BCUT2D eigenvalue weighted by Gasteiger charge is -2.21. The molecule has 0 radical (unpaired) electrons. The highest BCUT2D eigenvalue weighted by molar-refractivity contribution is 7.16. The first-order valence-electron chi connectivity index (χ1n) is 9.20. The minimum Gasteiger partial charge on any atom is -0.459 e. The number of anilines is 2. The number of aromatic nitrogens is 1. The Balaban J connectivity index is 1.75. The van der Waals surface area contributed by atoms with Gasteiger partial charge < -0.3 is 15.1 Å². The molecule has 4 aromatic rings. The Kier molecular flexibility index (Phi) is 5.51. The zero-order valence-electron chi connectivity index (χ0n) is 16.4. The van der Waals surface area contributed by atoms with E-state index in [1.165, 1.54) is 6.26 Å². The van der Waals surface area contributed by atoms with Gasteiger partial charge in [-0.3, -0.25) is 4.79 Å². The summed E-state index contributed by atoms with van der Waals surface area (Å²) >= 11 is 3.25. The number of aryl methyl sites for hydroxylation is 2. The van der Waals surface area contributed by atoms with Crippen LogP contribution in [0.2, 0.25) is 0 Å². The number of thiophene rings is 2. The largest absolute Gasteiger partial charge is 0.459 e. The smallest absolute Gasteiger partial charge is 0.291 e. The third-order valence-corrected chi connectivity index (χ3v) is 6.80. The van der Waals surface area contributed by atoms with Crippen molar-refractivity contribution < 1.29 is 9.21 Å². The maximum absolute atomic E-state index is 12.6. The summed E-state index contributed by atoms with van der Waals surface area (Å²) in [5, 5.41) is 9.49. The zero-order chi connectivity index (χ0) is 20.4. The molecule has 0 aliphatic heterocycles. The van der Waals surface area contributed by atoms with E-state index in [0.29, 0.717) is 5.76 Å². The van der Waals surface area contributed by atoms with Crippen LogP contribution in [-0.2, 0) is 0 Å². The molecule has 1 amide bonds. The topological polar surface area (TPSA) is 67.2 Å². The predicted octanol–water partition coefficient (Wildman–Crippen LogP) is 6.18. The molecule has 148 valence electrons. The molecule has 4 aromatic heterocycles. The average molecular weight is 424 g/mol. The first kappa shape index (κ1) is 19.4. The Hall–Kier alpha value is -2.90. The third kappa shape index (κ3) is 4.11. The summed E-state index contributed by atoms with van der Waals surface area (Å²) in [6.45, 7) is 6.21. The molecule has 0 aliphatic carbocycles. The van der Waals surface area contributed by atoms with Crippen molar-refractivity contribution >= 4 is 39.4 Å². The van der Waals surface area contributed by atoms with Crippen LogP contribution < -0.4 is 10.6 Å². The molecule has 2 N–H and O–H groups in total. The van der Waals surface area contributed by atoms with E-state index in [0.717, 1.165) is 37.3 Å². The quantitative estimate of drug-likeness (QED) is 0.389. The highest BCUT2D eigenvalue weighted by atomic mass is 32.1. The van der Waals surface area contributed by atoms with Crippen molar-refractivity contribution in [3.63, 3.8) is 0 Å². The third-order valence-electron chi connectivity index (χ3n) is 4.73. The van der Waals surface area contributed by atoms with Gasteiger partial charge in [0.25, 0.3) is 5.91 Å². The summed E-state index contributed by atoms with van der Waals surface area (Å²) in [4.78, 5) is 19.4. The summed E-state index contributed by atoms with van der Waals surface area (Å²) in [6, 6.07) is 11.4. The fraction of sp³-hybridized carbons (Fsp3) is 0.182. The summed E-state index contributed by atoms with van der Waals surface area (Å²) in [5.41, 5.74) is 3.35. The molecule has 0 saturated heterocycles. The summed E-state index contributed by atoms with van der Waals surface area (Å²) in [7, 11) is 0. The maximum atomic E-state index is 12.6. The standard InChI is InChI=1S/C22H21N3O2S2/c1-13-8-9-23-18(12-13)24-20(17-7-5-11-28-17)19-14(2)15(3)29-22(19)25-21(26)16-6-4-10-27-16/h4-12,20H,1-3H3,(H,23,24)(H,25,26)/t20-/m0/s1. The van der Waals surface area contributed by atoms with Crippen LogP contribution in [0.4, 0.5) is 10.8 Å². The van der Waals surface area contributed by atoms with Crippen molar-refractivity contribution in [3.8, 4) is 0 Å². The van der Waals surface area contributed by atoms with Crippen LogP contribution in [-0.4, -0.2) is 10.9 Å². The second-order valence-electron chi connectivity index (χ2n) is 6.77. The Morgan fingerprint density at radius 1 is 1.17 bits per heavy atom. The second kappa shape index (κ2) is 8.23. The molecule has 0 saturated carbocycles. The SMILES string of the molecule is Cc1ccnc(N[C@@H](c2cccs2)c2c(NC(=O)c3ccco3)sc(C)c2C)c1. The van der Waals surface area contributed by atoms with Crippen LogP contribution in [0.3, 0.4) is 0 Å². The molecule has 4 heterocycles.